The molecule has 1 atom stereocenters. The summed E-state index contributed by atoms with van der Waals surface area (Å²) in [5.74, 6) is 4.20. The molecule has 0 aliphatic heterocycles. The van der Waals surface area contributed by atoms with Crippen LogP contribution in [0.3, 0.4) is 0 Å². The Labute approximate surface area is 119 Å². The average molecular weight is 271 g/mol. The van der Waals surface area contributed by atoms with Crippen molar-refractivity contribution in [2.45, 2.75) is 57.3 Å². The molecule has 1 aromatic heterocycles. The van der Waals surface area contributed by atoms with Crippen molar-refractivity contribution in [1.82, 2.24) is 10.1 Å². The molecule has 4 heteroatoms. The van der Waals surface area contributed by atoms with Gasteiger partial charge in [-0.05, 0) is 63.2 Å². The smallest absolute Gasteiger partial charge is 0.227 e. The molecule has 20 heavy (non-hydrogen) atoms. The van der Waals surface area contributed by atoms with Crippen LogP contribution >= 0.6 is 0 Å². The number of hydrogen-bond acceptors (Lipinski definition) is 4. The van der Waals surface area contributed by atoms with Gasteiger partial charge in [0.05, 0.1) is 12.0 Å². The van der Waals surface area contributed by atoms with Crippen molar-refractivity contribution in [3.63, 3.8) is 0 Å². The van der Waals surface area contributed by atoms with Crippen LogP contribution in [0.15, 0.2) is 4.52 Å². The molecule has 1 heterocycles. The first-order valence-corrected chi connectivity index (χ1v) is 7.89. The molecule has 1 aromatic rings. The maximum Gasteiger partial charge on any atom is 0.227 e. The van der Waals surface area contributed by atoms with E-state index in [2.05, 4.69) is 16.2 Å². The van der Waals surface area contributed by atoms with Gasteiger partial charge >= 0.3 is 0 Å². The fraction of sp³-hybridized carbons (Fsp3) is 0.812. The van der Waals surface area contributed by atoms with Gasteiger partial charge in [0.25, 0.3) is 0 Å². The van der Waals surface area contributed by atoms with E-state index < -0.39 is 0 Å². The van der Waals surface area contributed by atoms with Crippen LogP contribution in [-0.2, 0) is 11.8 Å². The molecule has 0 amide bonds. The van der Waals surface area contributed by atoms with Crippen LogP contribution in [0, 0.1) is 35.0 Å². The number of aromatic nitrogens is 2. The Kier molecular flexibility index (Phi) is 2.67. The van der Waals surface area contributed by atoms with E-state index in [0.717, 1.165) is 23.6 Å². The van der Waals surface area contributed by atoms with E-state index in [9.17, 15) is 0 Å². The Morgan fingerprint density at radius 3 is 2.40 bits per heavy atom. The maximum atomic E-state index is 8.89. The largest absolute Gasteiger partial charge is 0.339 e. The molecule has 106 valence electrons. The molecule has 0 aromatic carbocycles. The van der Waals surface area contributed by atoms with E-state index in [1.807, 2.05) is 6.92 Å². The topological polar surface area (TPSA) is 62.7 Å². The molecule has 0 spiro atoms. The van der Waals surface area contributed by atoms with Crippen molar-refractivity contribution in [2.24, 2.45) is 23.7 Å². The lowest BCUT2D eigenvalue weighted by molar-refractivity contribution is -0.0103. The minimum Gasteiger partial charge on any atom is -0.339 e. The van der Waals surface area contributed by atoms with Crippen LogP contribution in [-0.4, -0.2) is 10.1 Å². The molecule has 4 saturated carbocycles. The lowest BCUT2D eigenvalue weighted by atomic mass is 9.49. The SMILES string of the molecule is CC(C#N)Cc1nc(C23CC4CC(CC(C4)C2)C3)no1. The van der Waals surface area contributed by atoms with Gasteiger partial charge in [-0.15, -0.1) is 0 Å². The van der Waals surface area contributed by atoms with Crippen molar-refractivity contribution < 1.29 is 4.52 Å². The molecule has 1 unspecified atom stereocenters. The Morgan fingerprint density at radius 2 is 1.85 bits per heavy atom. The van der Waals surface area contributed by atoms with Crippen molar-refractivity contribution in [3.8, 4) is 6.07 Å². The van der Waals surface area contributed by atoms with Gasteiger partial charge in [0.1, 0.15) is 0 Å². The van der Waals surface area contributed by atoms with Crippen molar-refractivity contribution in [3.05, 3.63) is 11.7 Å². The van der Waals surface area contributed by atoms with Crippen LogP contribution in [0.25, 0.3) is 0 Å². The maximum absolute atomic E-state index is 8.89. The van der Waals surface area contributed by atoms with Crippen LogP contribution < -0.4 is 0 Å². The van der Waals surface area contributed by atoms with Gasteiger partial charge in [-0.25, -0.2) is 0 Å². The highest BCUT2D eigenvalue weighted by Crippen LogP contribution is 2.60. The summed E-state index contributed by atoms with van der Waals surface area (Å²) in [4.78, 5) is 4.66. The standard InChI is InChI=1S/C16H21N3O/c1-10(9-17)2-14-18-15(19-20-14)16-6-11-3-12(7-16)5-13(4-11)8-16/h10-13H,2-8H2,1H3. The van der Waals surface area contributed by atoms with Gasteiger partial charge in [-0.1, -0.05) is 5.16 Å². The van der Waals surface area contributed by atoms with E-state index in [0.29, 0.717) is 12.3 Å². The Morgan fingerprint density at radius 1 is 1.25 bits per heavy atom. The quantitative estimate of drug-likeness (QED) is 0.846. The molecule has 4 aliphatic rings. The summed E-state index contributed by atoms with van der Waals surface area (Å²) in [6.07, 6.45) is 8.62. The molecule has 4 nitrogen and oxygen atoms in total. The molecular weight excluding hydrogens is 250 g/mol. The zero-order valence-corrected chi connectivity index (χ0v) is 12.0. The third-order valence-corrected chi connectivity index (χ3v) is 5.68. The normalized spacial score (nSPS) is 39.7. The van der Waals surface area contributed by atoms with Gasteiger partial charge < -0.3 is 4.52 Å². The average Bonchev–Trinajstić information content (AvgIpc) is 2.86. The summed E-state index contributed by atoms with van der Waals surface area (Å²) in [5, 5.41) is 13.2. The van der Waals surface area contributed by atoms with Gasteiger partial charge in [-0.3, -0.25) is 0 Å². The summed E-state index contributed by atoms with van der Waals surface area (Å²) in [7, 11) is 0. The summed E-state index contributed by atoms with van der Waals surface area (Å²) < 4.78 is 5.41. The first kappa shape index (κ1) is 12.4. The van der Waals surface area contributed by atoms with E-state index in [4.69, 9.17) is 9.78 Å². The molecule has 4 fully saturated rings. The van der Waals surface area contributed by atoms with E-state index in [1.54, 1.807) is 0 Å². The number of rotatable bonds is 3. The molecule has 4 aliphatic carbocycles. The minimum absolute atomic E-state index is 0.0559. The third kappa shape index (κ3) is 1.87. The van der Waals surface area contributed by atoms with E-state index in [-0.39, 0.29) is 11.3 Å². The van der Waals surface area contributed by atoms with Gasteiger partial charge in [0.2, 0.25) is 5.89 Å². The molecule has 0 saturated heterocycles. The molecule has 0 N–H and O–H groups in total. The minimum atomic E-state index is -0.0559. The fourth-order valence-electron chi connectivity index (χ4n) is 5.25. The molecule has 4 bridgehead atoms. The summed E-state index contributed by atoms with van der Waals surface area (Å²) in [5.41, 5.74) is 0.201. The first-order valence-electron chi connectivity index (χ1n) is 7.89. The van der Waals surface area contributed by atoms with Gasteiger partial charge in [-0.2, -0.15) is 10.2 Å². The first-order chi connectivity index (χ1) is 9.67. The molecule has 0 radical (unpaired) electrons. The number of nitriles is 1. The third-order valence-electron chi connectivity index (χ3n) is 5.68. The van der Waals surface area contributed by atoms with Crippen molar-refractivity contribution >= 4 is 0 Å². The van der Waals surface area contributed by atoms with Crippen molar-refractivity contribution in [1.29, 1.82) is 5.26 Å². The lowest BCUT2D eigenvalue weighted by Crippen LogP contribution is -2.49. The Balaban J connectivity index is 1.60. The second-order valence-corrected chi connectivity index (χ2v) is 7.44. The van der Waals surface area contributed by atoms with Crippen LogP contribution in [0.2, 0.25) is 0 Å². The highest BCUT2D eigenvalue weighted by Gasteiger charge is 2.53. The summed E-state index contributed by atoms with van der Waals surface area (Å²) >= 11 is 0. The van der Waals surface area contributed by atoms with Gasteiger partial charge in [0, 0.05) is 11.8 Å². The summed E-state index contributed by atoms with van der Waals surface area (Å²) in [6.45, 7) is 1.90. The van der Waals surface area contributed by atoms with Crippen molar-refractivity contribution in [2.75, 3.05) is 0 Å². The predicted octanol–water partition coefficient (Wildman–Crippen LogP) is 3.24. The van der Waals surface area contributed by atoms with Crippen LogP contribution in [0.1, 0.15) is 57.2 Å². The monoisotopic (exact) mass is 271 g/mol. The number of hydrogen-bond donors (Lipinski definition) is 0. The van der Waals surface area contributed by atoms with Gasteiger partial charge in [0.15, 0.2) is 5.82 Å². The van der Waals surface area contributed by atoms with E-state index >= 15 is 0 Å². The summed E-state index contributed by atoms with van der Waals surface area (Å²) in [6, 6.07) is 2.23. The molecule has 5 rings (SSSR count). The number of nitrogens with zero attached hydrogens (tertiary/aromatic N) is 3. The second kappa shape index (κ2) is 4.31. The second-order valence-electron chi connectivity index (χ2n) is 7.44. The predicted molar refractivity (Wildman–Crippen MR) is 72.6 cm³/mol. The Hall–Kier alpha value is -1.37. The van der Waals surface area contributed by atoms with Crippen LogP contribution in [0.5, 0.6) is 0 Å². The fourth-order valence-corrected chi connectivity index (χ4v) is 5.25. The highest BCUT2D eigenvalue weighted by atomic mass is 16.5. The zero-order chi connectivity index (χ0) is 13.7. The molecular formula is C16H21N3O. The highest BCUT2D eigenvalue weighted by molar-refractivity contribution is 5.16. The lowest BCUT2D eigenvalue weighted by Gasteiger charge is -2.55. The Bertz CT molecular complexity index is 521. The zero-order valence-electron chi connectivity index (χ0n) is 12.0. The van der Waals surface area contributed by atoms with E-state index in [1.165, 1.54) is 38.5 Å². The van der Waals surface area contributed by atoms with Crippen LogP contribution in [0.4, 0.5) is 0 Å².